The van der Waals surface area contributed by atoms with Crippen molar-refractivity contribution in [2.45, 2.75) is 105 Å². The summed E-state index contributed by atoms with van der Waals surface area (Å²) in [5, 5.41) is 10.0. The van der Waals surface area contributed by atoms with Crippen molar-refractivity contribution < 1.29 is 5.11 Å². The Morgan fingerprint density at radius 3 is 2.68 bits per heavy atom. The Hall–Kier alpha value is -0.820. The van der Waals surface area contributed by atoms with Crippen LogP contribution in [0.3, 0.4) is 0 Å². The molecular weight excluding hydrogens is 340 g/mol. The first-order valence-corrected chi connectivity index (χ1v) is 12.1. The van der Waals surface area contributed by atoms with Gasteiger partial charge in [-0.2, -0.15) is 0 Å². The van der Waals surface area contributed by atoms with Crippen LogP contribution in [0, 0.1) is 29.1 Å². The van der Waals surface area contributed by atoms with E-state index in [0.29, 0.717) is 5.41 Å². The maximum Gasteiger partial charge on any atom is 0.0583 e. The van der Waals surface area contributed by atoms with Crippen molar-refractivity contribution in [3.8, 4) is 0 Å². The van der Waals surface area contributed by atoms with Crippen LogP contribution in [0.5, 0.6) is 0 Å². The highest BCUT2D eigenvalue weighted by Gasteiger charge is 2.49. The highest BCUT2D eigenvalue weighted by molar-refractivity contribution is 5.36. The Balaban J connectivity index is 1.67. The summed E-state index contributed by atoms with van der Waals surface area (Å²) in [7, 11) is 0. The molecule has 0 bridgehead atoms. The molecule has 0 aromatic carbocycles. The van der Waals surface area contributed by atoms with Gasteiger partial charge in [0.25, 0.3) is 0 Å². The number of hydrogen-bond donors (Lipinski definition) is 1. The molecule has 0 amide bonds. The fourth-order valence-electron chi connectivity index (χ4n) is 6.51. The topological polar surface area (TPSA) is 20.2 Å². The van der Waals surface area contributed by atoms with Crippen molar-refractivity contribution in [3.63, 3.8) is 0 Å². The second kappa shape index (κ2) is 9.33. The number of rotatable bonds is 7. The van der Waals surface area contributed by atoms with E-state index >= 15 is 0 Å². The van der Waals surface area contributed by atoms with Gasteiger partial charge in [-0.15, -0.1) is 0 Å². The molecular formula is C27H44O. The van der Waals surface area contributed by atoms with Crippen molar-refractivity contribution in [2.24, 2.45) is 29.1 Å². The summed E-state index contributed by atoms with van der Waals surface area (Å²) in [6.07, 6.45) is 19.5. The molecule has 3 aliphatic carbocycles. The van der Waals surface area contributed by atoms with E-state index in [4.69, 9.17) is 0 Å². The first-order chi connectivity index (χ1) is 13.3. The minimum Gasteiger partial charge on any atom is -0.393 e. The number of fused-ring (bicyclic) bond motifs is 1. The van der Waals surface area contributed by atoms with Gasteiger partial charge in [0.2, 0.25) is 0 Å². The van der Waals surface area contributed by atoms with E-state index < -0.39 is 0 Å². The first-order valence-electron chi connectivity index (χ1n) is 12.1. The van der Waals surface area contributed by atoms with E-state index in [1.165, 1.54) is 56.1 Å². The molecule has 28 heavy (non-hydrogen) atoms. The van der Waals surface area contributed by atoms with Crippen LogP contribution in [0.2, 0.25) is 0 Å². The summed E-state index contributed by atoms with van der Waals surface area (Å²) in [6.45, 7) is 12.1. The molecule has 1 N–H and O–H groups in total. The van der Waals surface area contributed by atoms with E-state index in [-0.39, 0.29) is 6.10 Å². The largest absolute Gasteiger partial charge is 0.393 e. The van der Waals surface area contributed by atoms with Gasteiger partial charge in [0.1, 0.15) is 0 Å². The Morgan fingerprint density at radius 2 is 1.93 bits per heavy atom. The van der Waals surface area contributed by atoms with Gasteiger partial charge < -0.3 is 5.11 Å². The Kier molecular flexibility index (Phi) is 7.29. The molecule has 158 valence electrons. The summed E-state index contributed by atoms with van der Waals surface area (Å²) in [5.74, 6) is 3.32. The van der Waals surface area contributed by atoms with Crippen molar-refractivity contribution in [3.05, 3.63) is 34.9 Å². The third kappa shape index (κ3) is 4.84. The predicted molar refractivity (Wildman–Crippen MR) is 121 cm³/mol. The number of aliphatic hydroxyl groups excluding tert-OH is 1. The van der Waals surface area contributed by atoms with Crippen molar-refractivity contribution in [2.75, 3.05) is 0 Å². The van der Waals surface area contributed by atoms with E-state index in [0.717, 1.165) is 42.9 Å². The van der Waals surface area contributed by atoms with Gasteiger partial charge in [-0.1, -0.05) is 70.8 Å². The van der Waals surface area contributed by atoms with E-state index in [1.54, 1.807) is 5.57 Å². The van der Waals surface area contributed by atoms with E-state index in [1.807, 2.05) is 0 Å². The Labute approximate surface area is 174 Å². The highest BCUT2D eigenvalue weighted by Crippen LogP contribution is 2.58. The molecule has 0 radical (unpaired) electrons. The Morgan fingerprint density at radius 1 is 1.14 bits per heavy atom. The van der Waals surface area contributed by atoms with Gasteiger partial charge in [0, 0.05) is 0 Å². The van der Waals surface area contributed by atoms with Crippen molar-refractivity contribution in [1.29, 1.82) is 0 Å². The zero-order valence-corrected chi connectivity index (χ0v) is 19.1. The van der Waals surface area contributed by atoms with Crippen LogP contribution >= 0.6 is 0 Å². The van der Waals surface area contributed by atoms with Crippen LogP contribution in [0.1, 0.15) is 98.8 Å². The van der Waals surface area contributed by atoms with Gasteiger partial charge >= 0.3 is 0 Å². The second-order valence-electron chi connectivity index (χ2n) is 10.8. The van der Waals surface area contributed by atoms with Gasteiger partial charge in [0.15, 0.2) is 0 Å². The molecule has 1 nitrogen and oxygen atoms in total. The summed E-state index contributed by atoms with van der Waals surface area (Å²) in [4.78, 5) is 0. The molecule has 0 saturated heterocycles. The highest BCUT2D eigenvalue weighted by atomic mass is 16.3. The zero-order valence-electron chi connectivity index (χ0n) is 19.1. The number of hydrogen-bond acceptors (Lipinski definition) is 1. The Bertz CT molecular complexity index is 622. The molecule has 3 aliphatic rings. The number of allylic oxidation sites excluding steroid dienone is 5. The van der Waals surface area contributed by atoms with Crippen molar-refractivity contribution >= 4 is 0 Å². The molecule has 1 heteroatoms. The molecule has 0 heterocycles. The van der Waals surface area contributed by atoms with Crippen LogP contribution in [-0.4, -0.2) is 11.2 Å². The van der Waals surface area contributed by atoms with E-state index in [9.17, 15) is 5.11 Å². The monoisotopic (exact) mass is 384 g/mol. The maximum atomic E-state index is 10.0. The average molecular weight is 385 g/mol. The quantitative estimate of drug-likeness (QED) is 0.478. The van der Waals surface area contributed by atoms with Gasteiger partial charge in [-0.3, -0.25) is 0 Å². The molecule has 3 rings (SSSR count). The normalized spacial score (nSPS) is 34.8. The zero-order chi connectivity index (χ0) is 20.3. The summed E-state index contributed by atoms with van der Waals surface area (Å²) < 4.78 is 0. The fraction of sp³-hybridized carbons (Fsp3) is 0.778. The first kappa shape index (κ1) is 21.9. The van der Waals surface area contributed by atoms with Gasteiger partial charge in [0.05, 0.1) is 6.10 Å². The molecule has 1 saturated carbocycles. The smallest absolute Gasteiger partial charge is 0.0583 e. The molecule has 0 spiro atoms. The van der Waals surface area contributed by atoms with Crippen LogP contribution in [0.25, 0.3) is 0 Å². The lowest BCUT2D eigenvalue weighted by Crippen LogP contribution is -2.35. The summed E-state index contributed by atoms with van der Waals surface area (Å²) >= 11 is 0. The lowest BCUT2D eigenvalue weighted by atomic mass is 9.62. The molecule has 5 atom stereocenters. The lowest BCUT2D eigenvalue weighted by Gasteiger charge is -2.43. The minimum absolute atomic E-state index is 0.142. The van der Waals surface area contributed by atoms with Crippen LogP contribution in [0.4, 0.5) is 0 Å². The van der Waals surface area contributed by atoms with E-state index in [2.05, 4.69) is 52.8 Å². The minimum atomic E-state index is -0.142. The summed E-state index contributed by atoms with van der Waals surface area (Å²) in [5.41, 5.74) is 4.93. The van der Waals surface area contributed by atoms with Crippen LogP contribution in [-0.2, 0) is 0 Å². The molecule has 0 aromatic heterocycles. The van der Waals surface area contributed by atoms with Crippen LogP contribution in [0.15, 0.2) is 34.9 Å². The molecule has 2 unspecified atom stereocenters. The third-order valence-electron chi connectivity index (χ3n) is 8.34. The van der Waals surface area contributed by atoms with Gasteiger partial charge in [-0.05, 0) is 92.1 Å². The molecule has 1 fully saturated rings. The maximum absolute atomic E-state index is 10.0. The number of aliphatic hydroxyl groups is 1. The van der Waals surface area contributed by atoms with Crippen LogP contribution < -0.4 is 0 Å². The third-order valence-corrected chi connectivity index (χ3v) is 8.34. The molecule has 0 aliphatic heterocycles. The lowest BCUT2D eigenvalue weighted by molar-refractivity contribution is 0.107. The summed E-state index contributed by atoms with van der Waals surface area (Å²) in [6, 6.07) is 0. The predicted octanol–water partition coefficient (Wildman–Crippen LogP) is 7.62. The second-order valence-corrected chi connectivity index (χ2v) is 10.8. The van der Waals surface area contributed by atoms with Gasteiger partial charge in [-0.25, -0.2) is 0 Å². The average Bonchev–Trinajstić information content (AvgIpc) is 2.99. The van der Waals surface area contributed by atoms with Crippen molar-refractivity contribution in [1.82, 2.24) is 0 Å². The fourth-order valence-corrected chi connectivity index (χ4v) is 6.51. The standard InChI is InChI=1S/C27H44O/c1-19(2)8-6-9-21(4)25-15-16-26-22(10-7-17-27(25,26)5)12-13-23-18-24(28)14-11-20(23)3/h10,12-13,19,21,24-26,28H,6-9,11,14-18H2,1-5H3/b13-12-/t21?,24-,25+,26?,27+/m0/s1. The molecule has 0 aromatic rings. The SMILES string of the molecule is CC1=C(/C=C\C2=CCC[C@@]3(C)C2CC[C@@H]3C(C)CCCC(C)C)C[C@@H](O)CC1.